The van der Waals surface area contributed by atoms with Crippen molar-refractivity contribution in [2.75, 3.05) is 20.2 Å². The molecule has 1 aromatic rings. The van der Waals surface area contributed by atoms with Crippen LogP contribution in [0.2, 0.25) is 0 Å². The monoisotopic (exact) mass is 253 g/mol. The number of halogens is 2. The van der Waals surface area contributed by atoms with Crippen molar-refractivity contribution in [3.05, 3.63) is 35.4 Å². The lowest BCUT2D eigenvalue weighted by atomic mass is 10.1. The summed E-state index contributed by atoms with van der Waals surface area (Å²) in [5, 5.41) is 8.52. The van der Waals surface area contributed by atoms with Crippen molar-refractivity contribution in [2.45, 2.75) is 6.43 Å². The highest BCUT2D eigenvalue weighted by Gasteiger charge is 2.15. The van der Waals surface area contributed by atoms with Gasteiger partial charge >= 0.3 is 0 Å². The third kappa shape index (κ3) is 4.15. The number of nitrogens with zero attached hydrogens (tertiary/aromatic N) is 1. The predicted molar refractivity (Wildman–Crippen MR) is 63.4 cm³/mol. The summed E-state index contributed by atoms with van der Waals surface area (Å²) < 4.78 is 24.3. The first kappa shape index (κ1) is 14.1. The lowest BCUT2D eigenvalue weighted by Crippen LogP contribution is -2.31. The Morgan fingerprint density at radius 1 is 1.39 bits per heavy atom. The van der Waals surface area contributed by atoms with Crippen molar-refractivity contribution >= 4 is 5.91 Å². The zero-order valence-corrected chi connectivity index (χ0v) is 9.86. The van der Waals surface area contributed by atoms with Crippen LogP contribution in [-0.4, -0.2) is 42.5 Å². The average Bonchev–Trinajstić information content (AvgIpc) is 2.35. The number of carbonyl (C=O) groups excluding carboxylic acids is 1. The van der Waals surface area contributed by atoms with Crippen LogP contribution < -0.4 is 0 Å². The molecule has 0 aliphatic carbocycles. The molecule has 0 heterocycles. The third-order valence-corrected chi connectivity index (χ3v) is 2.20. The van der Waals surface area contributed by atoms with Crippen LogP contribution in [0.25, 0.3) is 0 Å². The number of aliphatic hydroxyl groups excluding tert-OH is 1. The molecule has 0 saturated carbocycles. The normalized spacial score (nSPS) is 9.83. The van der Waals surface area contributed by atoms with Gasteiger partial charge in [0, 0.05) is 18.2 Å². The molecule has 0 bridgehead atoms. The van der Waals surface area contributed by atoms with Crippen LogP contribution in [-0.2, 0) is 0 Å². The molecule has 0 aromatic heterocycles. The van der Waals surface area contributed by atoms with E-state index in [1.54, 1.807) is 12.1 Å². The summed E-state index contributed by atoms with van der Waals surface area (Å²) in [6.07, 6.45) is -2.55. The van der Waals surface area contributed by atoms with Crippen LogP contribution in [0.15, 0.2) is 24.3 Å². The number of carbonyl (C=O) groups is 1. The van der Waals surface area contributed by atoms with E-state index in [0.717, 1.165) is 4.90 Å². The third-order valence-electron chi connectivity index (χ3n) is 2.20. The van der Waals surface area contributed by atoms with E-state index in [1.807, 2.05) is 0 Å². The maximum absolute atomic E-state index is 12.1. The Bertz CT molecular complexity index is 460. The number of amides is 1. The molecule has 0 fully saturated rings. The summed E-state index contributed by atoms with van der Waals surface area (Å²) in [7, 11) is 1.33. The van der Waals surface area contributed by atoms with Gasteiger partial charge in [-0.25, -0.2) is 8.78 Å². The van der Waals surface area contributed by atoms with Crippen molar-refractivity contribution in [3.63, 3.8) is 0 Å². The summed E-state index contributed by atoms with van der Waals surface area (Å²) in [5.74, 6) is 4.69. The van der Waals surface area contributed by atoms with Crippen molar-refractivity contribution in [1.82, 2.24) is 4.90 Å². The topological polar surface area (TPSA) is 40.5 Å². The molecule has 5 heteroatoms. The summed E-state index contributed by atoms with van der Waals surface area (Å²) in [6, 6.07) is 6.25. The first-order valence-electron chi connectivity index (χ1n) is 5.28. The number of hydrogen-bond acceptors (Lipinski definition) is 2. The van der Waals surface area contributed by atoms with Gasteiger partial charge < -0.3 is 10.0 Å². The van der Waals surface area contributed by atoms with Gasteiger partial charge in [-0.2, -0.15) is 0 Å². The van der Waals surface area contributed by atoms with E-state index >= 15 is 0 Å². The quantitative estimate of drug-likeness (QED) is 0.826. The summed E-state index contributed by atoms with van der Waals surface area (Å²) in [6.45, 7) is -0.831. The van der Waals surface area contributed by atoms with E-state index in [1.165, 1.54) is 19.2 Å². The van der Waals surface area contributed by atoms with Crippen molar-refractivity contribution in [2.24, 2.45) is 0 Å². The molecule has 1 aromatic carbocycles. The fraction of sp³-hybridized carbons (Fsp3) is 0.308. The van der Waals surface area contributed by atoms with Crippen LogP contribution in [0.3, 0.4) is 0 Å². The van der Waals surface area contributed by atoms with Crippen LogP contribution in [0.5, 0.6) is 0 Å². The molecular formula is C13H13F2NO2. The van der Waals surface area contributed by atoms with Crippen LogP contribution in [0, 0.1) is 11.8 Å². The SMILES string of the molecule is CN(CC(F)F)C(=O)c1ccc(C#CCO)cc1. The Morgan fingerprint density at radius 2 is 2.00 bits per heavy atom. The molecule has 96 valence electrons. The highest BCUT2D eigenvalue weighted by molar-refractivity contribution is 5.94. The molecule has 18 heavy (non-hydrogen) atoms. The maximum Gasteiger partial charge on any atom is 0.255 e. The zero-order chi connectivity index (χ0) is 13.5. The second-order valence-electron chi connectivity index (χ2n) is 3.61. The molecule has 0 aliphatic heterocycles. The first-order valence-corrected chi connectivity index (χ1v) is 5.28. The molecule has 0 atom stereocenters. The fourth-order valence-corrected chi connectivity index (χ4v) is 1.35. The molecule has 3 nitrogen and oxygen atoms in total. The second kappa shape index (κ2) is 6.72. The Balaban J connectivity index is 2.75. The Kier molecular flexibility index (Phi) is 5.28. The number of alkyl halides is 2. The van der Waals surface area contributed by atoms with Gasteiger partial charge in [-0.3, -0.25) is 4.79 Å². The van der Waals surface area contributed by atoms with E-state index in [9.17, 15) is 13.6 Å². The first-order chi connectivity index (χ1) is 8.54. The molecule has 1 amide bonds. The zero-order valence-electron chi connectivity index (χ0n) is 9.86. The van der Waals surface area contributed by atoms with E-state index < -0.39 is 18.9 Å². The minimum atomic E-state index is -2.55. The molecular weight excluding hydrogens is 240 g/mol. The second-order valence-corrected chi connectivity index (χ2v) is 3.61. The van der Waals surface area contributed by atoms with Gasteiger partial charge in [0.1, 0.15) is 6.61 Å². The fourth-order valence-electron chi connectivity index (χ4n) is 1.35. The van der Waals surface area contributed by atoms with E-state index in [2.05, 4.69) is 11.8 Å². The minimum Gasteiger partial charge on any atom is -0.384 e. The Labute approximate surface area is 104 Å². The molecule has 0 aliphatic rings. The Hall–Kier alpha value is -1.93. The Morgan fingerprint density at radius 3 is 2.50 bits per heavy atom. The number of hydrogen-bond donors (Lipinski definition) is 1. The van der Waals surface area contributed by atoms with E-state index in [0.29, 0.717) is 11.1 Å². The van der Waals surface area contributed by atoms with E-state index in [4.69, 9.17) is 5.11 Å². The highest BCUT2D eigenvalue weighted by atomic mass is 19.3. The van der Waals surface area contributed by atoms with Crippen LogP contribution >= 0.6 is 0 Å². The van der Waals surface area contributed by atoms with Gasteiger partial charge in [0.25, 0.3) is 12.3 Å². The minimum absolute atomic E-state index is 0.238. The van der Waals surface area contributed by atoms with Crippen LogP contribution in [0.4, 0.5) is 8.78 Å². The van der Waals surface area contributed by atoms with Crippen LogP contribution in [0.1, 0.15) is 15.9 Å². The van der Waals surface area contributed by atoms with Gasteiger partial charge in [-0.15, -0.1) is 0 Å². The van der Waals surface area contributed by atoms with Crippen molar-refractivity contribution < 1.29 is 18.7 Å². The van der Waals surface area contributed by atoms with Gasteiger partial charge in [-0.05, 0) is 24.3 Å². The molecule has 0 spiro atoms. The molecule has 1 N–H and O–H groups in total. The molecule has 0 saturated heterocycles. The average molecular weight is 253 g/mol. The van der Waals surface area contributed by atoms with Gasteiger partial charge in [0.05, 0.1) is 6.54 Å². The summed E-state index contributed by atoms with van der Waals surface area (Å²) in [5.41, 5.74) is 0.977. The summed E-state index contributed by atoms with van der Waals surface area (Å²) in [4.78, 5) is 12.7. The molecule has 0 radical (unpaired) electrons. The lowest BCUT2D eigenvalue weighted by Gasteiger charge is -2.16. The van der Waals surface area contributed by atoms with E-state index in [-0.39, 0.29) is 6.61 Å². The lowest BCUT2D eigenvalue weighted by molar-refractivity contribution is 0.0620. The van der Waals surface area contributed by atoms with Crippen molar-refractivity contribution in [1.29, 1.82) is 0 Å². The highest BCUT2D eigenvalue weighted by Crippen LogP contribution is 2.07. The molecule has 1 rings (SSSR count). The number of benzene rings is 1. The number of aliphatic hydroxyl groups is 1. The maximum atomic E-state index is 12.1. The van der Waals surface area contributed by atoms with Gasteiger partial charge in [0.15, 0.2) is 0 Å². The standard InChI is InChI=1S/C13H13F2NO2/c1-16(9-12(14)15)13(18)11-6-4-10(5-7-11)3-2-8-17/h4-7,12,17H,8-9H2,1H3. The smallest absolute Gasteiger partial charge is 0.255 e. The number of rotatable bonds is 3. The van der Waals surface area contributed by atoms with Gasteiger partial charge in [0.2, 0.25) is 0 Å². The molecule has 0 unspecified atom stereocenters. The predicted octanol–water partition coefficient (Wildman–Crippen LogP) is 1.37. The largest absolute Gasteiger partial charge is 0.384 e. The van der Waals surface area contributed by atoms with Crippen molar-refractivity contribution in [3.8, 4) is 11.8 Å². The van der Waals surface area contributed by atoms with Gasteiger partial charge in [-0.1, -0.05) is 11.8 Å². The summed E-state index contributed by atoms with van der Waals surface area (Å²) >= 11 is 0.